The number of aromatic nitrogens is 2. The maximum atomic E-state index is 13.2. The summed E-state index contributed by atoms with van der Waals surface area (Å²) in [5.74, 6) is 2.15. The van der Waals surface area contributed by atoms with Gasteiger partial charge in [-0.25, -0.2) is 0 Å². The number of H-pyrrole nitrogens is 2. The van der Waals surface area contributed by atoms with Gasteiger partial charge in [-0.3, -0.25) is 9.59 Å². The molecular formula is C46H46N4O7. The van der Waals surface area contributed by atoms with Crippen LogP contribution in [0.15, 0.2) is 72.8 Å². The van der Waals surface area contributed by atoms with E-state index < -0.39 is 16.8 Å². The smallest absolute Gasteiger partial charge is 0.314 e. The first kappa shape index (κ1) is 35.3. The van der Waals surface area contributed by atoms with E-state index in [-0.39, 0.29) is 19.5 Å². The summed E-state index contributed by atoms with van der Waals surface area (Å²) >= 11 is 0. The van der Waals surface area contributed by atoms with Gasteiger partial charge in [0.25, 0.3) is 0 Å². The fourth-order valence-corrected chi connectivity index (χ4v) is 9.07. The molecule has 6 aliphatic rings. The van der Waals surface area contributed by atoms with Crippen LogP contribution in [0.1, 0.15) is 85.0 Å². The highest BCUT2D eigenvalue weighted by atomic mass is 16.7. The number of carboxylic acids is 1. The molecule has 2 fully saturated rings. The number of fused-ring (bicyclic) bond motifs is 8. The van der Waals surface area contributed by atoms with E-state index >= 15 is 0 Å². The van der Waals surface area contributed by atoms with Crippen molar-refractivity contribution >= 4 is 45.1 Å². The summed E-state index contributed by atoms with van der Waals surface area (Å²) in [6.45, 7) is 0.470. The van der Waals surface area contributed by atoms with Crippen LogP contribution in [-0.2, 0) is 46.1 Å². The minimum absolute atomic E-state index is 0.0649. The maximum Gasteiger partial charge on any atom is 0.314 e. The number of aliphatic carboxylic acids is 1. The van der Waals surface area contributed by atoms with Gasteiger partial charge < -0.3 is 45.1 Å². The van der Waals surface area contributed by atoms with Crippen LogP contribution in [0.25, 0.3) is 21.8 Å². The number of nitrogen functional groups attached to an aromatic ring is 1. The predicted molar refractivity (Wildman–Crippen MR) is 218 cm³/mol. The fourth-order valence-electron chi connectivity index (χ4n) is 9.07. The molecule has 0 atom stereocenters. The zero-order chi connectivity index (χ0) is 38.7. The summed E-state index contributed by atoms with van der Waals surface area (Å²) < 4.78 is 21.3. The van der Waals surface area contributed by atoms with E-state index in [1.165, 1.54) is 82.8 Å². The van der Waals surface area contributed by atoms with Crippen LogP contribution in [0, 0.1) is 0 Å². The standard InChI is InChI=1S/C23H22N2O3.C12H14N2.C11H10O4/c26-22(23(9-10-23)14-5-8-20-21(11-14)28-13-27-20)24-15-6-7-19-17(12-15)16-3-1-2-4-18(16)25-19;13-8-5-6-12-10(7-8)9-3-1-2-4-11(9)14-12;12-10(13)11(3-4-11)7-1-2-8-9(5-7)15-6-14-8/h5-8,11-12,25H,1-4,9-10,13H2,(H,24,26);5-7,14H,1-4,13H2;1-2,5H,3-4,6H2,(H,12,13). The SMILES string of the molecule is Nc1ccc2[nH]c3c(c2c1)CCCC3.O=C(Nc1ccc2[nH]c3c(c2c1)CCCC3)C1(c2ccc3c(c2)OCO3)CC1.O=C(O)C1(c2ccc3c(c2)OCO3)CC1. The van der Waals surface area contributed by atoms with Gasteiger partial charge in [-0.05, 0) is 160 Å². The third-order valence-electron chi connectivity index (χ3n) is 12.7. The summed E-state index contributed by atoms with van der Waals surface area (Å²) in [6.07, 6.45) is 12.9. The number of hydrogen-bond acceptors (Lipinski definition) is 7. The summed E-state index contributed by atoms with van der Waals surface area (Å²) in [5.41, 5.74) is 16.4. The van der Waals surface area contributed by atoms with Gasteiger partial charge in [0, 0.05) is 44.6 Å². The van der Waals surface area contributed by atoms with Crippen molar-refractivity contribution in [1.29, 1.82) is 0 Å². The molecule has 4 aromatic carbocycles. The number of carbonyl (C=O) groups is 2. The van der Waals surface area contributed by atoms with E-state index in [0.717, 1.165) is 59.7 Å². The zero-order valence-electron chi connectivity index (χ0n) is 31.8. The Labute approximate surface area is 329 Å². The van der Waals surface area contributed by atoms with Gasteiger partial charge >= 0.3 is 5.97 Å². The van der Waals surface area contributed by atoms with Crippen LogP contribution in [-0.4, -0.2) is 40.5 Å². The first-order valence-corrected chi connectivity index (χ1v) is 20.2. The molecule has 2 aliphatic heterocycles. The molecule has 12 rings (SSSR count). The molecule has 57 heavy (non-hydrogen) atoms. The number of carboxylic acid groups (broad SMARTS) is 1. The van der Waals surface area contributed by atoms with Crippen molar-refractivity contribution in [2.24, 2.45) is 0 Å². The molecule has 6 aromatic rings. The number of nitrogens with one attached hydrogen (secondary N) is 3. The number of carbonyl (C=O) groups excluding carboxylic acids is 1. The molecule has 4 aliphatic carbocycles. The molecule has 0 saturated heterocycles. The number of ether oxygens (including phenoxy) is 4. The quantitative estimate of drug-likeness (QED) is 0.109. The largest absolute Gasteiger partial charge is 0.481 e. The molecular weight excluding hydrogens is 721 g/mol. The molecule has 292 valence electrons. The van der Waals surface area contributed by atoms with E-state index in [1.807, 2.05) is 36.4 Å². The second-order valence-electron chi connectivity index (χ2n) is 16.2. The first-order valence-electron chi connectivity index (χ1n) is 20.2. The van der Waals surface area contributed by atoms with Gasteiger partial charge in [0.1, 0.15) is 0 Å². The zero-order valence-corrected chi connectivity index (χ0v) is 31.8. The lowest BCUT2D eigenvalue weighted by Gasteiger charge is -2.16. The van der Waals surface area contributed by atoms with Crippen LogP contribution in [0.4, 0.5) is 11.4 Å². The number of aromatic amines is 2. The lowest BCUT2D eigenvalue weighted by molar-refractivity contribution is -0.140. The average Bonchev–Trinajstić information content (AvgIpc) is 4.00. The molecule has 0 radical (unpaired) electrons. The van der Waals surface area contributed by atoms with E-state index in [2.05, 4.69) is 39.6 Å². The van der Waals surface area contributed by atoms with E-state index in [0.29, 0.717) is 24.3 Å². The second-order valence-corrected chi connectivity index (χ2v) is 16.2. The van der Waals surface area contributed by atoms with Crippen molar-refractivity contribution in [2.45, 2.75) is 87.9 Å². The predicted octanol–water partition coefficient (Wildman–Crippen LogP) is 8.61. The number of hydrogen-bond donors (Lipinski definition) is 5. The average molecular weight is 767 g/mol. The number of anilines is 2. The molecule has 6 N–H and O–H groups in total. The van der Waals surface area contributed by atoms with Crippen molar-refractivity contribution in [2.75, 3.05) is 24.6 Å². The Morgan fingerprint density at radius 2 is 1.11 bits per heavy atom. The molecule has 1 amide bonds. The van der Waals surface area contributed by atoms with Gasteiger partial charge in [0.15, 0.2) is 23.0 Å². The monoisotopic (exact) mass is 766 g/mol. The second kappa shape index (κ2) is 13.8. The van der Waals surface area contributed by atoms with Crippen molar-refractivity contribution in [3.63, 3.8) is 0 Å². The number of amides is 1. The molecule has 11 nitrogen and oxygen atoms in total. The number of nitrogens with two attached hydrogens (primary N) is 1. The summed E-state index contributed by atoms with van der Waals surface area (Å²) in [5, 5.41) is 14.9. The van der Waals surface area contributed by atoms with E-state index in [1.54, 1.807) is 12.1 Å². The minimum atomic E-state index is -0.749. The molecule has 0 spiro atoms. The van der Waals surface area contributed by atoms with Gasteiger partial charge in [-0.2, -0.15) is 0 Å². The van der Waals surface area contributed by atoms with Crippen LogP contribution >= 0.6 is 0 Å². The number of rotatable bonds is 5. The van der Waals surface area contributed by atoms with Crippen molar-refractivity contribution in [3.8, 4) is 23.0 Å². The van der Waals surface area contributed by atoms with Gasteiger partial charge in [0.05, 0.1) is 10.8 Å². The Kier molecular flexibility index (Phi) is 8.57. The Morgan fingerprint density at radius 1 is 0.596 bits per heavy atom. The van der Waals surface area contributed by atoms with Crippen LogP contribution in [0.3, 0.4) is 0 Å². The first-order chi connectivity index (χ1) is 27.8. The summed E-state index contributed by atoms with van der Waals surface area (Å²) in [7, 11) is 0. The highest BCUT2D eigenvalue weighted by Crippen LogP contribution is 2.52. The lowest BCUT2D eigenvalue weighted by atomic mass is 9.94. The highest BCUT2D eigenvalue weighted by Gasteiger charge is 2.53. The summed E-state index contributed by atoms with van der Waals surface area (Å²) in [4.78, 5) is 31.3. The Morgan fingerprint density at radius 3 is 1.67 bits per heavy atom. The van der Waals surface area contributed by atoms with Crippen LogP contribution in [0.5, 0.6) is 23.0 Å². The van der Waals surface area contributed by atoms with Gasteiger partial charge in [0.2, 0.25) is 19.5 Å². The molecule has 2 saturated carbocycles. The van der Waals surface area contributed by atoms with Crippen LogP contribution < -0.4 is 30.0 Å². The van der Waals surface area contributed by atoms with Crippen LogP contribution in [0.2, 0.25) is 0 Å². The van der Waals surface area contributed by atoms with E-state index in [9.17, 15) is 9.59 Å². The Bertz CT molecular complexity index is 2560. The Hall–Kier alpha value is -6.10. The molecule has 4 heterocycles. The van der Waals surface area contributed by atoms with Crippen molar-refractivity contribution in [3.05, 3.63) is 106 Å². The normalized spacial score (nSPS) is 18.3. The number of benzene rings is 4. The Balaban J connectivity index is 0.000000115. The van der Waals surface area contributed by atoms with Crippen molar-refractivity contribution in [1.82, 2.24) is 9.97 Å². The van der Waals surface area contributed by atoms with Crippen molar-refractivity contribution < 1.29 is 33.6 Å². The number of aryl methyl sites for hydroxylation is 4. The molecule has 0 bridgehead atoms. The highest BCUT2D eigenvalue weighted by molar-refractivity contribution is 6.03. The maximum absolute atomic E-state index is 13.2. The molecule has 0 unspecified atom stereocenters. The van der Waals surface area contributed by atoms with Gasteiger partial charge in [-0.1, -0.05) is 12.1 Å². The van der Waals surface area contributed by atoms with E-state index in [4.69, 9.17) is 29.8 Å². The minimum Gasteiger partial charge on any atom is -0.481 e. The third kappa shape index (κ3) is 6.39. The van der Waals surface area contributed by atoms with Gasteiger partial charge in [-0.15, -0.1) is 0 Å². The topological polar surface area (TPSA) is 161 Å². The molecule has 2 aromatic heterocycles. The molecule has 11 heteroatoms. The fraction of sp³-hybridized carbons (Fsp3) is 0.348. The third-order valence-corrected chi connectivity index (χ3v) is 12.7. The summed E-state index contributed by atoms with van der Waals surface area (Å²) in [6, 6.07) is 23.6. The lowest BCUT2D eigenvalue weighted by Crippen LogP contribution is -2.27.